The average molecular weight is 355 g/mol. The Morgan fingerprint density at radius 1 is 1.35 bits per heavy atom. The summed E-state index contributed by atoms with van der Waals surface area (Å²) in [5.74, 6) is -0.471. The van der Waals surface area contributed by atoms with E-state index in [1.54, 1.807) is 18.2 Å². The fraction of sp³-hybridized carbons (Fsp3) is 0.0909. The van der Waals surface area contributed by atoms with Crippen LogP contribution in [0.4, 0.5) is 4.39 Å². The summed E-state index contributed by atoms with van der Waals surface area (Å²) in [5.41, 5.74) is 6.60. The van der Waals surface area contributed by atoms with Gasteiger partial charge in [-0.2, -0.15) is 0 Å². The monoisotopic (exact) mass is 353 g/mol. The van der Waals surface area contributed by atoms with Crippen molar-refractivity contribution >= 4 is 50.5 Å². The predicted molar refractivity (Wildman–Crippen MR) is 74.5 cm³/mol. The second kappa shape index (κ2) is 5.24. The summed E-state index contributed by atoms with van der Waals surface area (Å²) in [6, 6.07) is 5.86. The lowest BCUT2D eigenvalue weighted by Crippen LogP contribution is -2.11. The first kappa shape index (κ1) is 13.3. The standard InChI is InChI=1S/C11H7BrCl2FNS/c12-11-6(13)4-8(17-11)10(16)5-2-1-3-7(15)9(5)14/h1-4,10H,16H2. The van der Waals surface area contributed by atoms with Crippen LogP contribution in [0.15, 0.2) is 28.1 Å². The maximum absolute atomic E-state index is 13.3. The molecule has 2 N–H and O–H groups in total. The average Bonchev–Trinajstić information content (AvgIpc) is 2.62. The van der Waals surface area contributed by atoms with Crippen molar-refractivity contribution in [2.24, 2.45) is 5.73 Å². The molecular formula is C11H7BrCl2FNS. The highest BCUT2D eigenvalue weighted by atomic mass is 79.9. The molecule has 2 rings (SSSR count). The minimum absolute atomic E-state index is 0.0562. The summed E-state index contributed by atoms with van der Waals surface area (Å²) in [5, 5.41) is 0.647. The lowest BCUT2D eigenvalue weighted by atomic mass is 10.1. The number of halogens is 4. The summed E-state index contributed by atoms with van der Waals surface area (Å²) in [6.07, 6.45) is 0. The number of thiophene rings is 1. The van der Waals surface area contributed by atoms with Gasteiger partial charge in [-0.3, -0.25) is 0 Å². The molecule has 0 radical (unpaired) electrons. The van der Waals surface area contributed by atoms with Crippen LogP contribution in [0.5, 0.6) is 0 Å². The largest absolute Gasteiger partial charge is 0.320 e. The van der Waals surface area contributed by atoms with Gasteiger partial charge >= 0.3 is 0 Å². The fourth-order valence-electron chi connectivity index (χ4n) is 1.43. The van der Waals surface area contributed by atoms with E-state index < -0.39 is 11.9 Å². The Balaban J connectivity index is 2.43. The summed E-state index contributed by atoms with van der Waals surface area (Å²) in [7, 11) is 0. The van der Waals surface area contributed by atoms with Crippen molar-refractivity contribution in [3.63, 3.8) is 0 Å². The molecule has 0 aliphatic rings. The van der Waals surface area contributed by atoms with E-state index in [-0.39, 0.29) is 5.02 Å². The van der Waals surface area contributed by atoms with Crippen LogP contribution in [0.2, 0.25) is 10.0 Å². The quantitative estimate of drug-likeness (QED) is 0.806. The predicted octanol–water partition coefficient (Wildman–Crippen LogP) is 5.00. The Morgan fingerprint density at radius 3 is 2.65 bits per heavy atom. The van der Waals surface area contributed by atoms with Crippen molar-refractivity contribution in [2.75, 3.05) is 0 Å². The van der Waals surface area contributed by atoms with Gasteiger partial charge in [0.15, 0.2) is 0 Å². The summed E-state index contributed by atoms with van der Waals surface area (Å²) < 4.78 is 14.1. The number of hydrogen-bond acceptors (Lipinski definition) is 2. The van der Waals surface area contributed by atoms with E-state index in [1.807, 2.05) is 0 Å². The van der Waals surface area contributed by atoms with E-state index >= 15 is 0 Å². The zero-order valence-corrected chi connectivity index (χ0v) is 12.3. The Kier molecular flexibility index (Phi) is 4.10. The first-order chi connectivity index (χ1) is 8.00. The molecule has 0 aliphatic carbocycles. The number of benzene rings is 1. The lowest BCUT2D eigenvalue weighted by molar-refractivity contribution is 0.624. The maximum Gasteiger partial charge on any atom is 0.142 e. The second-order valence-electron chi connectivity index (χ2n) is 3.39. The molecule has 1 atom stereocenters. The van der Waals surface area contributed by atoms with Crippen molar-refractivity contribution in [3.8, 4) is 0 Å². The Morgan fingerprint density at radius 2 is 2.06 bits per heavy atom. The van der Waals surface area contributed by atoms with E-state index in [0.29, 0.717) is 10.6 Å². The van der Waals surface area contributed by atoms with E-state index in [9.17, 15) is 4.39 Å². The first-order valence-corrected chi connectivity index (χ1v) is 7.01. The van der Waals surface area contributed by atoms with Gasteiger partial charge in [-0.1, -0.05) is 35.3 Å². The van der Waals surface area contributed by atoms with Crippen molar-refractivity contribution in [1.82, 2.24) is 0 Å². The van der Waals surface area contributed by atoms with Crippen LogP contribution in [0.3, 0.4) is 0 Å². The zero-order valence-electron chi connectivity index (χ0n) is 8.38. The third-order valence-corrected chi connectivity index (χ3v) is 5.24. The van der Waals surface area contributed by atoms with Gasteiger partial charge in [0.25, 0.3) is 0 Å². The van der Waals surface area contributed by atoms with Gasteiger partial charge in [-0.05, 0) is 33.6 Å². The number of rotatable bonds is 2. The van der Waals surface area contributed by atoms with Crippen molar-refractivity contribution in [3.05, 3.63) is 54.4 Å². The Hall–Kier alpha value is -0.130. The molecule has 90 valence electrons. The normalized spacial score (nSPS) is 12.8. The van der Waals surface area contributed by atoms with Gasteiger partial charge < -0.3 is 5.73 Å². The molecule has 0 amide bonds. The SMILES string of the molecule is NC(c1cc(Cl)c(Br)s1)c1cccc(F)c1Cl. The molecule has 1 heterocycles. The molecule has 1 unspecified atom stereocenters. The third-order valence-electron chi connectivity index (χ3n) is 2.29. The Labute approximate surface area is 120 Å². The molecule has 2 aromatic rings. The van der Waals surface area contributed by atoms with Gasteiger partial charge in [0.2, 0.25) is 0 Å². The minimum Gasteiger partial charge on any atom is -0.320 e. The van der Waals surface area contributed by atoms with Crippen molar-refractivity contribution in [2.45, 2.75) is 6.04 Å². The van der Waals surface area contributed by atoms with E-state index in [1.165, 1.54) is 17.4 Å². The maximum atomic E-state index is 13.3. The minimum atomic E-state index is -0.480. The summed E-state index contributed by atoms with van der Waals surface area (Å²) >= 11 is 16.5. The van der Waals surface area contributed by atoms with E-state index in [2.05, 4.69) is 15.9 Å². The molecule has 1 nitrogen and oxygen atoms in total. The first-order valence-electron chi connectivity index (χ1n) is 4.65. The van der Waals surface area contributed by atoms with E-state index in [0.717, 1.165) is 8.66 Å². The van der Waals surface area contributed by atoms with Crippen LogP contribution in [-0.2, 0) is 0 Å². The van der Waals surface area contributed by atoms with Crippen LogP contribution < -0.4 is 5.73 Å². The summed E-state index contributed by atoms with van der Waals surface area (Å²) in [4.78, 5) is 0.828. The number of nitrogens with two attached hydrogens (primary N) is 1. The highest BCUT2D eigenvalue weighted by Gasteiger charge is 2.18. The molecule has 0 saturated carbocycles. The second-order valence-corrected chi connectivity index (χ2v) is 6.58. The Bertz CT molecular complexity index is 539. The third kappa shape index (κ3) is 2.66. The molecule has 0 saturated heterocycles. The van der Waals surface area contributed by atoms with Crippen LogP contribution >= 0.6 is 50.5 Å². The molecule has 1 aromatic carbocycles. The van der Waals surface area contributed by atoms with E-state index in [4.69, 9.17) is 28.9 Å². The summed E-state index contributed by atoms with van der Waals surface area (Å²) in [6.45, 7) is 0. The molecule has 0 aliphatic heterocycles. The molecule has 17 heavy (non-hydrogen) atoms. The highest BCUT2D eigenvalue weighted by molar-refractivity contribution is 9.11. The molecular weight excluding hydrogens is 348 g/mol. The van der Waals surface area contributed by atoms with Gasteiger partial charge in [0.1, 0.15) is 5.82 Å². The fourth-order valence-corrected chi connectivity index (χ4v) is 3.44. The molecule has 6 heteroatoms. The zero-order chi connectivity index (χ0) is 12.6. The van der Waals surface area contributed by atoms with Gasteiger partial charge in [-0.15, -0.1) is 11.3 Å². The lowest BCUT2D eigenvalue weighted by Gasteiger charge is -2.12. The van der Waals surface area contributed by atoms with Gasteiger partial charge in [0.05, 0.1) is 19.9 Å². The topological polar surface area (TPSA) is 26.0 Å². The molecule has 0 fully saturated rings. The van der Waals surface area contributed by atoms with Crippen LogP contribution in [0, 0.1) is 5.82 Å². The van der Waals surface area contributed by atoms with Crippen molar-refractivity contribution in [1.29, 1.82) is 0 Å². The van der Waals surface area contributed by atoms with Gasteiger partial charge in [-0.25, -0.2) is 4.39 Å². The van der Waals surface area contributed by atoms with Gasteiger partial charge in [0, 0.05) is 4.88 Å². The van der Waals surface area contributed by atoms with Crippen LogP contribution in [0.25, 0.3) is 0 Å². The molecule has 0 bridgehead atoms. The van der Waals surface area contributed by atoms with Crippen LogP contribution in [0.1, 0.15) is 16.5 Å². The van der Waals surface area contributed by atoms with Crippen LogP contribution in [-0.4, -0.2) is 0 Å². The van der Waals surface area contributed by atoms with Crippen molar-refractivity contribution < 1.29 is 4.39 Å². The smallest absolute Gasteiger partial charge is 0.142 e. The highest BCUT2D eigenvalue weighted by Crippen LogP contribution is 2.38. The molecule has 0 spiro atoms. The molecule has 1 aromatic heterocycles. The number of hydrogen-bond donors (Lipinski definition) is 1.